The fraction of sp³-hybridized carbons (Fsp3) is 0.235. The van der Waals surface area contributed by atoms with Crippen molar-refractivity contribution in [1.29, 1.82) is 0 Å². The molecule has 3 rings (SSSR count). The number of nitrogens with zero attached hydrogens (tertiary/aromatic N) is 5. The third kappa shape index (κ3) is 5.03. The summed E-state index contributed by atoms with van der Waals surface area (Å²) in [5.41, 5.74) is -0.234. The third-order valence-corrected chi connectivity index (χ3v) is 4.51. The third-order valence-electron chi connectivity index (χ3n) is 3.49. The van der Waals surface area contributed by atoms with Crippen molar-refractivity contribution in [3.05, 3.63) is 65.5 Å². The Morgan fingerprint density at radius 3 is 2.77 bits per heavy atom. The molecule has 0 aliphatic carbocycles. The molecule has 9 heteroatoms. The number of carbonyl (C=O) groups excluding carboxylic acids is 1. The van der Waals surface area contributed by atoms with E-state index in [9.17, 15) is 9.59 Å². The normalized spacial score (nSPS) is 10.6. The molecule has 3 aromatic rings. The van der Waals surface area contributed by atoms with E-state index >= 15 is 0 Å². The Morgan fingerprint density at radius 1 is 1.15 bits per heavy atom. The molecule has 0 fully saturated rings. The largest absolute Gasteiger partial charge is 0.354 e. The summed E-state index contributed by atoms with van der Waals surface area (Å²) in [5.74, 6) is 1.15. The first kappa shape index (κ1) is 17.9. The van der Waals surface area contributed by atoms with Crippen molar-refractivity contribution in [3.63, 3.8) is 0 Å². The first-order valence-corrected chi connectivity index (χ1v) is 9.08. The Balaban J connectivity index is 1.45. The number of hydrogen-bond acceptors (Lipinski definition) is 6. The molecule has 0 saturated carbocycles. The highest BCUT2D eigenvalue weighted by Crippen LogP contribution is 2.17. The van der Waals surface area contributed by atoms with E-state index in [0.717, 1.165) is 4.90 Å². The molecule has 0 radical (unpaired) electrons. The van der Waals surface area contributed by atoms with E-state index in [1.807, 2.05) is 30.3 Å². The number of carbonyl (C=O) groups is 1. The van der Waals surface area contributed by atoms with Crippen LogP contribution in [0.4, 0.5) is 0 Å². The number of thioether (sulfide) groups is 1. The van der Waals surface area contributed by atoms with E-state index in [2.05, 4.69) is 20.5 Å². The van der Waals surface area contributed by atoms with E-state index in [-0.39, 0.29) is 11.5 Å². The predicted molar refractivity (Wildman–Crippen MR) is 98.2 cm³/mol. The number of rotatable bonds is 8. The molecule has 26 heavy (non-hydrogen) atoms. The molecule has 0 spiro atoms. The van der Waals surface area contributed by atoms with E-state index in [0.29, 0.717) is 31.1 Å². The molecule has 0 bridgehead atoms. The van der Waals surface area contributed by atoms with Gasteiger partial charge in [-0.1, -0.05) is 18.2 Å². The first-order valence-electron chi connectivity index (χ1n) is 8.10. The van der Waals surface area contributed by atoms with Crippen LogP contribution in [0, 0.1) is 0 Å². The lowest BCUT2D eigenvalue weighted by Crippen LogP contribution is -2.32. The zero-order chi connectivity index (χ0) is 18.2. The highest BCUT2D eigenvalue weighted by molar-refractivity contribution is 7.99. The minimum atomic E-state index is -0.234. The zero-order valence-corrected chi connectivity index (χ0v) is 14.8. The monoisotopic (exact) mass is 370 g/mol. The Hall–Kier alpha value is -2.94. The summed E-state index contributed by atoms with van der Waals surface area (Å²) in [4.78, 5) is 28.8. The van der Waals surface area contributed by atoms with Gasteiger partial charge in [0.2, 0.25) is 5.91 Å². The van der Waals surface area contributed by atoms with Gasteiger partial charge in [0.1, 0.15) is 12.7 Å². The van der Waals surface area contributed by atoms with Crippen LogP contribution in [0.2, 0.25) is 0 Å². The summed E-state index contributed by atoms with van der Waals surface area (Å²) in [7, 11) is 0. The summed E-state index contributed by atoms with van der Waals surface area (Å²) < 4.78 is 2.77. The van der Waals surface area contributed by atoms with E-state index < -0.39 is 0 Å². The SMILES string of the molecule is O=C(CCSc1ccccc1)NCCn1nc(-n2cncn2)ccc1=O. The van der Waals surface area contributed by atoms with Crippen molar-refractivity contribution in [2.45, 2.75) is 17.9 Å². The topological polar surface area (TPSA) is 94.7 Å². The van der Waals surface area contributed by atoms with Crippen LogP contribution in [0.15, 0.2) is 64.8 Å². The maximum atomic E-state index is 11.9. The predicted octanol–water partition coefficient (Wildman–Crippen LogP) is 1.12. The van der Waals surface area contributed by atoms with Crippen LogP contribution in [0.3, 0.4) is 0 Å². The van der Waals surface area contributed by atoms with Gasteiger partial charge in [-0.2, -0.15) is 5.10 Å². The van der Waals surface area contributed by atoms with Gasteiger partial charge >= 0.3 is 0 Å². The summed E-state index contributed by atoms with van der Waals surface area (Å²) in [6.45, 7) is 0.626. The van der Waals surface area contributed by atoms with Gasteiger partial charge in [0, 0.05) is 29.7 Å². The van der Waals surface area contributed by atoms with Gasteiger partial charge in [0.05, 0.1) is 6.54 Å². The molecule has 2 heterocycles. The van der Waals surface area contributed by atoms with Gasteiger partial charge in [0.25, 0.3) is 5.56 Å². The molecule has 8 nitrogen and oxygen atoms in total. The second-order valence-corrected chi connectivity index (χ2v) is 6.52. The number of amides is 1. The molecule has 0 unspecified atom stereocenters. The van der Waals surface area contributed by atoms with Crippen LogP contribution in [0.25, 0.3) is 5.82 Å². The van der Waals surface area contributed by atoms with Gasteiger partial charge in [0.15, 0.2) is 5.82 Å². The molecule has 0 atom stereocenters. The highest BCUT2D eigenvalue weighted by Gasteiger charge is 2.05. The Labute approximate surface area is 154 Å². The minimum absolute atomic E-state index is 0.0473. The molecular weight excluding hydrogens is 352 g/mol. The highest BCUT2D eigenvalue weighted by atomic mass is 32.2. The maximum Gasteiger partial charge on any atom is 0.266 e. The summed E-state index contributed by atoms with van der Waals surface area (Å²) in [6.07, 6.45) is 3.31. The molecule has 2 aromatic heterocycles. The molecule has 134 valence electrons. The van der Waals surface area contributed by atoms with Crippen molar-refractivity contribution in [2.24, 2.45) is 0 Å². The summed E-state index contributed by atoms with van der Waals surface area (Å²) in [5, 5.41) is 11.0. The molecular formula is C17H18N6O2S. The van der Waals surface area contributed by atoms with Gasteiger partial charge in [-0.3, -0.25) is 9.59 Å². The van der Waals surface area contributed by atoms with Crippen molar-refractivity contribution in [2.75, 3.05) is 12.3 Å². The number of aromatic nitrogens is 5. The maximum absolute atomic E-state index is 11.9. The number of hydrogen-bond donors (Lipinski definition) is 1. The van der Waals surface area contributed by atoms with Gasteiger partial charge in [-0.05, 0) is 18.2 Å². The van der Waals surface area contributed by atoms with E-state index in [1.54, 1.807) is 17.8 Å². The quantitative estimate of drug-likeness (QED) is 0.597. The molecule has 1 N–H and O–H groups in total. The van der Waals surface area contributed by atoms with Crippen molar-refractivity contribution >= 4 is 17.7 Å². The molecule has 0 saturated heterocycles. The zero-order valence-electron chi connectivity index (χ0n) is 14.0. The fourth-order valence-corrected chi connectivity index (χ4v) is 3.09. The Bertz CT molecular complexity index is 895. The van der Waals surface area contributed by atoms with E-state index in [1.165, 1.54) is 28.1 Å². The van der Waals surface area contributed by atoms with Gasteiger partial charge in [-0.15, -0.1) is 16.9 Å². The molecule has 0 aliphatic rings. The van der Waals surface area contributed by atoms with E-state index in [4.69, 9.17) is 0 Å². The van der Waals surface area contributed by atoms with Gasteiger partial charge in [-0.25, -0.2) is 14.3 Å². The van der Waals surface area contributed by atoms with Crippen molar-refractivity contribution in [1.82, 2.24) is 29.9 Å². The number of nitrogens with one attached hydrogen (secondary N) is 1. The lowest BCUT2D eigenvalue weighted by Gasteiger charge is -2.08. The molecule has 1 aromatic carbocycles. The van der Waals surface area contributed by atoms with Crippen molar-refractivity contribution < 1.29 is 4.79 Å². The first-order chi connectivity index (χ1) is 12.7. The van der Waals surface area contributed by atoms with Crippen LogP contribution in [-0.2, 0) is 11.3 Å². The van der Waals surface area contributed by atoms with Crippen molar-refractivity contribution in [3.8, 4) is 5.82 Å². The fourth-order valence-electron chi connectivity index (χ4n) is 2.21. The van der Waals surface area contributed by atoms with Crippen LogP contribution >= 0.6 is 11.8 Å². The lowest BCUT2D eigenvalue weighted by molar-refractivity contribution is -0.120. The molecule has 0 aliphatic heterocycles. The second-order valence-electron chi connectivity index (χ2n) is 5.35. The average Bonchev–Trinajstić information content (AvgIpc) is 3.19. The summed E-state index contributed by atoms with van der Waals surface area (Å²) in [6, 6.07) is 12.9. The lowest BCUT2D eigenvalue weighted by atomic mass is 10.4. The van der Waals surface area contributed by atoms with Crippen LogP contribution in [0.5, 0.6) is 0 Å². The minimum Gasteiger partial charge on any atom is -0.354 e. The van der Waals surface area contributed by atoms with Crippen LogP contribution in [-0.4, -0.2) is 42.7 Å². The number of benzene rings is 1. The second kappa shape index (κ2) is 8.95. The standard InChI is InChI=1S/C17H18N6O2S/c24-16(8-11-26-14-4-2-1-3-5-14)19-9-10-22-17(25)7-6-15(21-22)23-13-18-12-20-23/h1-7,12-13H,8-11H2,(H,19,24). The Morgan fingerprint density at radius 2 is 2.00 bits per heavy atom. The van der Waals surface area contributed by atoms with Crippen LogP contribution in [0.1, 0.15) is 6.42 Å². The van der Waals surface area contributed by atoms with Gasteiger partial charge < -0.3 is 5.32 Å². The average molecular weight is 370 g/mol. The van der Waals surface area contributed by atoms with Crippen LogP contribution < -0.4 is 10.9 Å². The summed E-state index contributed by atoms with van der Waals surface area (Å²) >= 11 is 1.64. The Kier molecular flexibility index (Phi) is 6.15. The molecule has 1 amide bonds. The smallest absolute Gasteiger partial charge is 0.266 e.